The van der Waals surface area contributed by atoms with Crippen LogP contribution < -0.4 is 10.6 Å². The Labute approximate surface area is 165 Å². The van der Waals surface area contributed by atoms with Gasteiger partial charge in [0, 0.05) is 31.2 Å². The van der Waals surface area contributed by atoms with Crippen LogP contribution in [0.2, 0.25) is 0 Å². The maximum Gasteiger partial charge on any atom is 0.133 e. The maximum absolute atomic E-state index is 6.07. The summed E-state index contributed by atoms with van der Waals surface area (Å²) in [5.41, 5.74) is 7.00. The molecule has 0 spiro atoms. The van der Waals surface area contributed by atoms with Gasteiger partial charge in [-0.05, 0) is 73.7 Å². The van der Waals surface area contributed by atoms with Crippen LogP contribution in [0.25, 0.3) is 0 Å². The van der Waals surface area contributed by atoms with Crippen LogP contribution in [0, 0.1) is 22.7 Å². The van der Waals surface area contributed by atoms with Crippen molar-refractivity contribution in [1.29, 1.82) is 0 Å². The zero-order valence-corrected chi connectivity index (χ0v) is 17.7. The second-order valence-corrected chi connectivity index (χ2v) is 10.8. The first-order valence-electron chi connectivity index (χ1n) is 11.1. The first-order chi connectivity index (χ1) is 12.8. The minimum Gasteiger partial charge on any atom is -0.356 e. The Bertz CT molecular complexity index is 660. The lowest BCUT2D eigenvalue weighted by Gasteiger charge is -2.55. The Morgan fingerprint density at radius 2 is 1.63 bits per heavy atom. The van der Waals surface area contributed by atoms with Gasteiger partial charge in [0.05, 0.1) is 0 Å². The van der Waals surface area contributed by atoms with Crippen molar-refractivity contribution in [3.8, 4) is 0 Å². The van der Waals surface area contributed by atoms with Crippen LogP contribution in [0.4, 0.5) is 5.82 Å². The number of hydrogen-bond acceptors (Lipinski definition) is 4. The summed E-state index contributed by atoms with van der Waals surface area (Å²) in [6, 6.07) is 2.44. The van der Waals surface area contributed by atoms with E-state index in [0.717, 1.165) is 49.4 Å². The van der Waals surface area contributed by atoms with Crippen molar-refractivity contribution in [3.05, 3.63) is 18.1 Å². The maximum atomic E-state index is 6.07. The fourth-order valence-electron chi connectivity index (χ4n) is 6.08. The van der Waals surface area contributed by atoms with Crippen molar-refractivity contribution >= 4 is 5.82 Å². The molecule has 0 radical (unpaired) electrons. The van der Waals surface area contributed by atoms with Gasteiger partial charge in [-0.25, -0.2) is 9.97 Å². The fraction of sp³-hybridized carbons (Fsp3) is 0.826. The van der Waals surface area contributed by atoms with Gasteiger partial charge in [0.25, 0.3) is 0 Å². The molecule has 2 heterocycles. The lowest BCUT2D eigenvalue weighted by atomic mass is 9.50. The molecule has 0 amide bonds. The molecule has 150 valence electrons. The van der Waals surface area contributed by atoms with Crippen LogP contribution in [0.5, 0.6) is 0 Å². The topological polar surface area (TPSA) is 55.0 Å². The number of hydrogen-bond donors (Lipinski definition) is 1. The summed E-state index contributed by atoms with van der Waals surface area (Å²) in [7, 11) is 0. The van der Waals surface area contributed by atoms with Crippen molar-refractivity contribution in [2.75, 3.05) is 18.0 Å². The van der Waals surface area contributed by atoms with Gasteiger partial charge in [-0.15, -0.1) is 0 Å². The van der Waals surface area contributed by atoms with Crippen LogP contribution in [0.3, 0.4) is 0 Å². The summed E-state index contributed by atoms with van der Waals surface area (Å²) in [6.45, 7) is 12.0. The first kappa shape index (κ1) is 19.2. The Morgan fingerprint density at radius 3 is 2.33 bits per heavy atom. The Kier molecular flexibility index (Phi) is 4.99. The summed E-state index contributed by atoms with van der Waals surface area (Å²) < 4.78 is 0. The lowest BCUT2D eigenvalue weighted by Crippen LogP contribution is -2.47. The molecule has 3 unspecified atom stereocenters. The number of aromatic nitrogens is 2. The summed E-state index contributed by atoms with van der Waals surface area (Å²) in [5, 5.41) is 0. The molecule has 4 heteroatoms. The highest BCUT2D eigenvalue weighted by Gasteiger charge is 2.50. The molecule has 1 aromatic rings. The third kappa shape index (κ3) is 3.74. The predicted octanol–water partition coefficient (Wildman–Crippen LogP) is 4.75. The van der Waals surface area contributed by atoms with Crippen molar-refractivity contribution in [2.45, 2.75) is 84.6 Å². The van der Waals surface area contributed by atoms with E-state index in [9.17, 15) is 0 Å². The number of nitrogens with two attached hydrogens (primary N) is 1. The number of nitrogens with zero attached hydrogens (tertiary/aromatic N) is 3. The molecular formula is C23H38N4. The quantitative estimate of drug-likeness (QED) is 0.816. The largest absolute Gasteiger partial charge is 0.356 e. The van der Waals surface area contributed by atoms with E-state index in [-0.39, 0.29) is 0 Å². The van der Waals surface area contributed by atoms with Gasteiger partial charge in [0.1, 0.15) is 11.6 Å². The van der Waals surface area contributed by atoms with Crippen molar-refractivity contribution in [2.24, 2.45) is 28.4 Å². The summed E-state index contributed by atoms with van der Waals surface area (Å²) in [4.78, 5) is 12.2. The van der Waals surface area contributed by atoms with E-state index >= 15 is 0 Å². The Morgan fingerprint density at radius 1 is 0.963 bits per heavy atom. The number of rotatable bonds is 2. The molecule has 2 N–H and O–H groups in total. The van der Waals surface area contributed by atoms with Gasteiger partial charge in [-0.2, -0.15) is 0 Å². The molecule has 0 aromatic carbocycles. The molecule has 1 aliphatic heterocycles. The smallest absolute Gasteiger partial charge is 0.133 e. The van der Waals surface area contributed by atoms with E-state index in [0.29, 0.717) is 22.8 Å². The van der Waals surface area contributed by atoms with Crippen LogP contribution in [-0.2, 0) is 0 Å². The van der Waals surface area contributed by atoms with Gasteiger partial charge in [0.2, 0.25) is 0 Å². The summed E-state index contributed by atoms with van der Waals surface area (Å²) >= 11 is 0. The van der Waals surface area contributed by atoms with Gasteiger partial charge in [0.15, 0.2) is 0 Å². The third-order valence-electron chi connectivity index (χ3n) is 8.16. The second-order valence-electron chi connectivity index (χ2n) is 10.8. The van der Waals surface area contributed by atoms with Crippen molar-refractivity contribution in [3.63, 3.8) is 0 Å². The van der Waals surface area contributed by atoms with Gasteiger partial charge >= 0.3 is 0 Å². The monoisotopic (exact) mass is 370 g/mol. The van der Waals surface area contributed by atoms with Crippen LogP contribution in [0.15, 0.2) is 12.3 Å². The van der Waals surface area contributed by atoms with Crippen LogP contribution >= 0.6 is 0 Å². The molecule has 4 rings (SSSR count). The van der Waals surface area contributed by atoms with Crippen molar-refractivity contribution in [1.82, 2.24) is 9.97 Å². The molecule has 1 saturated heterocycles. The molecular weight excluding hydrogens is 332 g/mol. The van der Waals surface area contributed by atoms with E-state index in [1.807, 2.05) is 6.20 Å². The molecule has 1 aromatic heterocycles. The standard InChI is InChI=1S/C23H38N4/c1-22(2)10-11-23(3,4)19-15-16(5-6-18(19)22)21-25-12-7-20(26-21)27-13-8-17(24)9-14-27/h7,12,16-19H,5-6,8-11,13-15,24H2,1-4H3. The predicted molar refractivity (Wildman–Crippen MR) is 112 cm³/mol. The van der Waals surface area contributed by atoms with Gasteiger partial charge in [-0.3, -0.25) is 0 Å². The van der Waals surface area contributed by atoms with Crippen molar-refractivity contribution < 1.29 is 0 Å². The molecule has 4 nitrogen and oxygen atoms in total. The Balaban J connectivity index is 1.52. The van der Waals surface area contributed by atoms with E-state index in [2.05, 4.69) is 38.7 Å². The minimum absolute atomic E-state index is 0.356. The number of anilines is 1. The zero-order chi connectivity index (χ0) is 19.2. The average Bonchev–Trinajstić information content (AvgIpc) is 2.66. The molecule has 27 heavy (non-hydrogen) atoms. The van der Waals surface area contributed by atoms with E-state index in [1.165, 1.54) is 32.1 Å². The highest BCUT2D eigenvalue weighted by atomic mass is 15.2. The number of fused-ring (bicyclic) bond motifs is 1. The normalized spacial score (nSPS) is 33.5. The SMILES string of the molecule is CC1(C)CCC(C)(C)C2CC(c3nccc(N4CCC(N)CC4)n3)CCC21. The Hall–Kier alpha value is -1.16. The molecule has 3 atom stereocenters. The lowest BCUT2D eigenvalue weighted by molar-refractivity contribution is -0.0505. The van der Waals surface area contributed by atoms with E-state index in [4.69, 9.17) is 15.7 Å². The van der Waals surface area contributed by atoms with Crippen LogP contribution in [0.1, 0.15) is 84.4 Å². The van der Waals surface area contributed by atoms with E-state index in [1.54, 1.807) is 0 Å². The summed E-state index contributed by atoms with van der Waals surface area (Å²) in [5.74, 6) is 4.35. The van der Waals surface area contributed by atoms with Crippen LogP contribution in [-0.4, -0.2) is 29.1 Å². The van der Waals surface area contributed by atoms with E-state index < -0.39 is 0 Å². The minimum atomic E-state index is 0.356. The van der Waals surface area contributed by atoms with Gasteiger partial charge < -0.3 is 10.6 Å². The zero-order valence-electron chi connectivity index (χ0n) is 17.7. The molecule has 3 aliphatic rings. The molecule has 2 saturated carbocycles. The second kappa shape index (κ2) is 7.02. The number of piperidine rings is 1. The fourth-order valence-corrected chi connectivity index (χ4v) is 6.08. The first-order valence-corrected chi connectivity index (χ1v) is 11.1. The average molecular weight is 371 g/mol. The highest BCUT2D eigenvalue weighted by molar-refractivity contribution is 5.38. The summed E-state index contributed by atoms with van der Waals surface area (Å²) in [6.07, 6.45) is 10.7. The highest BCUT2D eigenvalue weighted by Crippen LogP contribution is 2.59. The molecule has 2 aliphatic carbocycles. The third-order valence-corrected chi connectivity index (χ3v) is 8.16. The molecule has 0 bridgehead atoms. The molecule has 3 fully saturated rings. The van der Waals surface area contributed by atoms with Gasteiger partial charge in [-0.1, -0.05) is 27.7 Å².